The normalized spacial score (nSPS) is 11.7. The molecular formula is C16H15N5O3S. The molecule has 2 N–H and O–H groups in total. The van der Waals surface area contributed by atoms with E-state index >= 15 is 0 Å². The average molecular weight is 357 g/mol. The highest BCUT2D eigenvalue weighted by molar-refractivity contribution is 7.11. The minimum atomic E-state index is -0.693. The molecule has 0 atom stereocenters. The van der Waals surface area contributed by atoms with Crippen molar-refractivity contribution in [1.82, 2.24) is 19.7 Å². The maximum Gasteiger partial charge on any atom is 0.310 e. The predicted molar refractivity (Wildman–Crippen MR) is 95.0 cm³/mol. The van der Waals surface area contributed by atoms with E-state index in [1.165, 1.54) is 0 Å². The first kappa shape index (κ1) is 16.8. The lowest BCUT2D eigenvalue weighted by molar-refractivity contribution is 0.487. The van der Waals surface area contributed by atoms with E-state index in [0.717, 1.165) is 11.1 Å². The fourth-order valence-electron chi connectivity index (χ4n) is 2.32. The van der Waals surface area contributed by atoms with Crippen LogP contribution in [0.15, 0.2) is 45.2 Å². The quantitative estimate of drug-likeness (QED) is 0.689. The number of nitrogens with one attached hydrogen (secondary N) is 1. The highest BCUT2D eigenvalue weighted by Gasteiger charge is 2.13. The van der Waals surface area contributed by atoms with Gasteiger partial charge in [-0.2, -0.15) is 4.98 Å². The van der Waals surface area contributed by atoms with E-state index in [4.69, 9.17) is 0 Å². The number of aryl methyl sites for hydroxylation is 1. The molecule has 0 aliphatic rings. The van der Waals surface area contributed by atoms with E-state index in [1.807, 2.05) is 31.2 Å². The SMILES string of the molecule is C/C(=N\c1ncn(Cc2ccccc2C)n1)c1c(O)sc(=O)[nH]c1=O. The number of rotatable bonds is 4. The zero-order chi connectivity index (χ0) is 18.0. The van der Waals surface area contributed by atoms with Gasteiger partial charge in [-0.25, -0.2) is 9.67 Å². The van der Waals surface area contributed by atoms with Gasteiger partial charge >= 0.3 is 4.87 Å². The summed E-state index contributed by atoms with van der Waals surface area (Å²) in [4.78, 5) is 32.8. The van der Waals surface area contributed by atoms with E-state index in [0.29, 0.717) is 17.9 Å². The van der Waals surface area contributed by atoms with Crippen LogP contribution >= 0.6 is 11.3 Å². The third kappa shape index (κ3) is 3.72. The first-order chi connectivity index (χ1) is 11.9. The second kappa shape index (κ2) is 6.81. The Bertz CT molecular complexity index is 1060. The minimum Gasteiger partial charge on any atom is -0.499 e. The molecule has 0 saturated carbocycles. The van der Waals surface area contributed by atoms with E-state index in [2.05, 4.69) is 20.1 Å². The number of aromatic amines is 1. The topological polar surface area (TPSA) is 113 Å². The standard InChI is InChI=1S/C16H15N5O3S/c1-9-5-3-4-6-11(9)7-21-8-17-15(20-21)18-10(2)12-13(22)19-16(24)25-14(12)23/h3-6,8,23H,7H2,1-2H3,(H,19,22,24)/b18-10+. The van der Waals surface area contributed by atoms with Crippen LogP contribution < -0.4 is 10.4 Å². The summed E-state index contributed by atoms with van der Waals surface area (Å²) in [5.41, 5.74) is 1.74. The molecule has 0 aliphatic carbocycles. The van der Waals surface area contributed by atoms with Crippen LogP contribution in [0.25, 0.3) is 0 Å². The molecule has 3 aromatic rings. The van der Waals surface area contributed by atoms with E-state index < -0.39 is 10.4 Å². The van der Waals surface area contributed by atoms with E-state index in [1.54, 1.807) is 17.9 Å². The molecule has 25 heavy (non-hydrogen) atoms. The lowest BCUT2D eigenvalue weighted by Crippen LogP contribution is -2.22. The van der Waals surface area contributed by atoms with Crippen LogP contribution in [-0.2, 0) is 6.54 Å². The van der Waals surface area contributed by atoms with Gasteiger partial charge in [-0.3, -0.25) is 14.6 Å². The van der Waals surface area contributed by atoms with Gasteiger partial charge < -0.3 is 5.11 Å². The third-order valence-corrected chi connectivity index (χ3v) is 4.28. The van der Waals surface area contributed by atoms with Crippen LogP contribution in [0.5, 0.6) is 5.06 Å². The number of aliphatic imine (C=N–C) groups is 1. The molecule has 3 rings (SSSR count). The fraction of sp³-hybridized carbons (Fsp3) is 0.188. The molecule has 0 amide bonds. The zero-order valence-corrected chi connectivity index (χ0v) is 14.4. The van der Waals surface area contributed by atoms with Gasteiger partial charge in [0.2, 0.25) is 0 Å². The Morgan fingerprint density at radius 1 is 1.36 bits per heavy atom. The second-order valence-electron chi connectivity index (χ2n) is 5.39. The average Bonchev–Trinajstić information content (AvgIpc) is 2.95. The monoisotopic (exact) mass is 357 g/mol. The van der Waals surface area contributed by atoms with Gasteiger partial charge in [0.05, 0.1) is 12.3 Å². The highest BCUT2D eigenvalue weighted by atomic mass is 32.1. The number of H-pyrrole nitrogens is 1. The Hall–Kier alpha value is -3.07. The third-order valence-electron chi connectivity index (χ3n) is 3.59. The molecule has 0 fully saturated rings. The molecule has 2 heterocycles. The number of aromatic hydroxyl groups is 1. The van der Waals surface area contributed by atoms with Crippen LogP contribution in [-0.4, -0.2) is 30.6 Å². The predicted octanol–water partition coefficient (Wildman–Crippen LogP) is 1.59. The molecule has 0 radical (unpaired) electrons. The molecule has 0 saturated heterocycles. The van der Waals surface area contributed by atoms with Gasteiger partial charge in [0.15, 0.2) is 5.06 Å². The summed E-state index contributed by atoms with van der Waals surface area (Å²) in [7, 11) is 0. The molecule has 0 bridgehead atoms. The Balaban J connectivity index is 1.88. The van der Waals surface area contributed by atoms with Crippen molar-refractivity contribution < 1.29 is 5.11 Å². The Kier molecular flexibility index (Phi) is 4.57. The Labute approximate surface area is 146 Å². The fourth-order valence-corrected chi connectivity index (χ4v) is 2.98. The molecule has 1 aromatic carbocycles. The summed E-state index contributed by atoms with van der Waals surface area (Å²) >= 11 is 0.538. The van der Waals surface area contributed by atoms with Crippen molar-refractivity contribution in [3.8, 4) is 5.06 Å². The van der Waals surface area contributed by atoms with Crippen molar-refractivity contribution >= 4 is 23.0 Å². The summed E-state index contributed by atoms with van der Waals surface area (Å²) in [5, 5.41) is 13.7. The van der Waals surface area contributed by atoms with Gasteiger partial charge in [0, 0.05) is 0 Å². The van der Waals surface area contributed by atoms with Gasteiger partial charge in [0.25, 0.3) is 11.5 Å². The van der Waals surface area contributed by atoms with Crippen molar-refractivity contribution in [2.45, 2.75) is 20.4 Å². The summed E-state index contributed by atoms with van der Waals surface area (Å²) in [6, 6.07) is 7.95. The molecule has 9 heteroatoms. The van der Waals surface area contributed by atoms with E-state index in [9.17, 15) is 14.7 Å². The minimum absolute atomic E-state index is 0.0557. The molecule has 128 valence electrons. The molecular weight excluding hydrogens is 342 g/mol. The number of benzene rings is 1. The van der Waals surface area contributed by atoms with Gasteiger partial charge in [-0.15, -0.1) is 5.10 Å². The maximum absolute atomic E-state index is 11.8. The lowest BCUT2D eigenvalue weighted by Gasteiger charge is -2.04. The summed E-state index contributed by atoms with van der Waals surface area (Å²) in [6.45, 7) is 4.11. The van der Waals surface area contributed by atoms with Crippen LogP contribution in [0.3, 0.4) is 0 Å². The number of nitrogens with zero attached hydrogens (tertiary/aromatic N) is 4. The molecule has 0 aliphatic heterocycles. The van der Waals surface area contributed by atoms with Crippen molar-refractivity contribution in [3.63, 3.8) is 0 Å². The van der Waals surface area contributed by atoms with Crippen LogP contribution in [0, 0.1) is 6.92 Å². The molecule has 0 spiro atoms. The zero-order valence-electron chi connectivity index (χ0n) is 13.6. The largest absolute Gasteiger partial charge is 0.499 e. The van der Waals surface area contributed by atoms with E-state index in [-0.39, 0.29) is 22.3 Å². The molecule has 2 aromatic heterocycles. The summed E-state index contributed by atoms with van der Waals surface area (Å²) in [6.07, 6.45) is 1.55. The number of hydrogen-bond donors (Lipinski definition) is 2. The van der Waals surface area contributed by atoms with Crippen molar-refractivity contribution in [2.75, 3.05) is 0 Å². The van der Waals surface area contributed by atoms with Gasteiger partial charge in [-0.05, 0) is 36.3 Å². The van der Waals surface area contributed by atoms with Crippen LogP contribution in [0.1, 0.15) is 23.6 Å². The number of hydrogen-bond acceptors (Lipinski definition) is 7. The lowest BCUT2D eigenvalue weighted by atomic mass is 10.1. The van der Waals surface area contributed by atoms with Gasteiger partial charge in [-0.1, -0.05) is 24.3 Å². The first-order valence-corrected chi connectivity index (χ1v) is 8.21. The summed E-state index contributed by atoms with van der Waals surface area (Å²) < 4.78 is 1.64. The Morgan fingerprint density at radius 2 is 2.12 bits per heavy atom. The van der Waals surface area contributed by atoms with Crippen LogP contribution in [0.4, 0.5) is 5.95 Å². The van der Waals surface area contributed by atoms with Gasteiger partial charge in [0.1, 0.15) is 11.9 Å². The molecule has 8 nitrogen and oxygen atoms in total. The van der Waals surface area contributed by atoms with Crippen molar-refractivity contribution in [3.05, 3.63) is 67.3 Å². The maximum atomic E-state index is 11.8. The first-order valence-electron chi connectivity index (χ1n) is 7.40. The Morgan fingerprint density at radius 3 is 2.84 bits per heavy atom. The molecule has 0 unspecified atom stereocenters. The highest BCUT2D eigenvalue weighted by Crippen LogP contribution is 2.17. The van der Waals surface area contributed by atoms with Crippen LogP contribution in [0.2, 0.25) is 0 Å². The van der Waals surface area contributed by atoms with Crippen molar-refractivity contribution in [1.29, 1.82) is 0 Å². The smallest absolute Gasteiger partial charge is 0.310 e. The van der Waals surface area contributed by atoms with Crippen molar-refractivity contribution in [2.24, 2.45) is 4.99 Å². The summed E-state index contributed by atoms with van der Waals surface area (Å²) in [5.74, 6) is 0.168. The second-order valence-corrected chi connectivity index (χ2v) is 6.35. The number of aromatic nitrogens is 4.